The number of hydrogen-bond acceptors (Lipinski definition) is 3. The van der Waals surface area contributed by atoms with Gasteiger partial charge in [-0.3, -0.25) is 0 Å². The Bertz CT molecular complexity index is 571. The van der Waals surface area contributed by atoms with Crippen LogP contribution in [0.3, 0.4) is 0 Å². The number of ether oxygens (including phenoxy) is 1. The summed E-state index contributed by atoms with van der Waals surface area (Å²) in [5, 5.41) is 5.31. The summed E-state index contributed by atoms with van der Waals surface area (Å²) in [6.07, 6.45) is 0. The van der Waals surface area contributed by atoms with Gasteiger partial charge >= 0.3 is 0 Å². The van der Waals surface area contributed by atoms with Gasteiger partial charge in [-0.15, -0.1) is 11.3 Å². The van der Waals surface area contributed by atoms with Crippen LogP contribution in [0.5, 0.6) is 5.75 Å². The van der Waals surface area contributed by atoms with Gasteiger partial charge in [0.2, 0.25) is 0 Å². The van der Waals surface area contributed by atoms with Crippen LogP contribution < -0.4 is 10.1 Å². The van der Waals surface area contributed by atoms with Gasteiger partial charge in [0.05, 0.1) is 13.2 Å². The Morgan fingerprint density at radius 3 is 2.60 bits per heavy atom. The monoisotopic (exact) mass is 293 g/mol. The van der Waals surface area contributed by atoms with Gasteiger partial charge in [-0.25, -0.2) is 4.39 Å². The van der Waals surface area contributed by atoms with Gasteiger partial charge < -0.3 is 10.1 Å². The summed E-state index contributed by atoms with van der Waals surface area (Å²) >= 11 is 1.58. The van der Waals surface area contributed by atoms with Crippen LogP contribution in [0.15, 0.2) is 23.6 Å². The van der Waals surface area contributed by atoms with E-state index in [0.29, 0.717) is 0 Å². The van der Waals surface area contributed by atoms with E-state index in [2.05, 4.69) is 5.32 Å². The highest BCUT2D eigenvalue weighted by atomic mass is 32.1. The van der Waals surface area contributed by atoms with Crippen molar-refractivity contribution in [2.24, 2.45) is 0 Å². The lowest BCUT2D eigenvalue weighted by atomic mass is 9.97. The normalized spacial score (nSPS) is 12.4. The number of methoxy groups -OCH3 is 1. The second-order valence-corrected chi connectivity index (χ2v) is 5.80. The van der Waals surface area contributed by atoms with Crippen LogP contribution in [0.4, 0.5) is 4.39 Å². The number of rotatable bonds is 5. The number of hydrogen-bond donors (Lipinski definition) is 1. The Hall–Kier alpha value is -1.39. The zero-order chi connectivity index (χ0) is 14.7. The highest BCUT2D eigenvalue weighted by Crippen LogP contribution is 2.34. The highest BCUT2D eigenvalue weighted by molar-refractivity contribution is 7.10. The van der Waals surface area contributed by atoms with Crippen LogP contribution in [-0.4, -0.2) is 13.7 Å². The molecule has 0 fully saturated rings. The first-order valence-electron chi connectivity index (χ1n) is 6.69. The third-order valence-electron chi connectivity index (χ3n) is 3.29. The molecule has 0 spiro atoms. The van der Waals surface area contributed by atoms with Gasteiger partial charge in [0.15, 0.2) is 0 Å². The van der Waals surface area contributed by atoms with Crippen molar-refractivity contribution in [1.29, 1.82) is 0 Å². The predicted octanol–water partition coefficient (Wildman–Crippen LogP) is 4.21. The van der Waals surface area contributed by atoms with E-state index >= 15 is 0 Å². The molecule has 1 heterocycles. The van der Waals surface area contributed by atoms with Crippen LogP contribution in [0.1, 0.15) is 34.5 Å². The van der Waals surface area contributed by atoms with E-state index in [-0.39, 0.29) is 11.9 Å². The largest absolute Gasteiger partial charge is 0.496 e. The van der Waals surface area contributed by atoms with Crippen molar-refractivity contribution in [1.82, 2.24) is 5.32 Å². The molecule has 20 heavy (non-hydrogen) atoms. The second-order valence-electron chi connectivity index (χ2n) is 4.86. The molecule has 1 atom stereocenters. The van der Waals surface area contributed by atoms with Crippen molar-refractivity contribution >= 4 is 11.3 Å². The van der Waals surface area contributed by atoms with Crippen molar-refractivity contribution < 1.29 is 9.13 Å². The number of thiophene rings is 1. The zero-order valence-electron chi connectivity index (χ0n) is 12.3. The van der Waals surface area contributed by atoms with E-state index < -0.39 is 0 Å². The van der Waals surface area contributed by atoms with Crippen molar-refractivity contribution in [2.45, 2.75) is 26.8 Å². The average molecular weight is 293 g/mol. The molecule has 4 heteroatoms. The Kier molecular flexibility index (Phi) is 4.78. The SMILES string of the molecule is CCNC(c1cc(OC)cs1)c1c(C)cc(C)cc1F. The molecule has 1 N–H and O–H groups in total. The number of benzene rings is 1. The molecule has 2 aromatic rings. The minimum Gasteiger partial charge on any atom is -0.496 e. The van der Waals surface area contributed by atoms with Gasteiger partial charge in [0.1, 0.15) is 11.6 Å². The summed E-state index contributed by atoms with van der Waals surface area (Å²) in [7, 11) is 1.64. The molecule has 0 bridgehead atoms. The molecule has 0 saturated carbocycles. The van der Waals surface area contributed by atoms with E-state index in [4.69, 9.17) is 4.74 Å². The fourth-order valence-corrected chi connectivity index (χ4v) is 3.37. The maximum absolute atomic E-state index is 14.4. The van der Waals surface area contributed by atoms with Crippen molar-refractivity contribution in [3.63, 3.8) is 0 Å². The number of aryl methyl sites for hydroxylation is 2. The molecule has 0 aliphatic rings. The standard InChI is InChI=1S/C16H20FNOS/c1-5-18-16(14-8-12(19-4)9-20-14)15-11(3)6-10(2)7-13(15)17/h6-9,16,18H,5H2,1-4H3. The lowest BCUT2D eigenvalue weighted by Crippen LogP contribution is -2.23. The van der Waals surface area contributed by atoms with Crippen molar-refractivity contribution in [2.75, 3.05) is 13.7 Å². The predicted molar refractivity (Wildman–Crippen MR) is 82.3 cm³/mol. The van der Waals surface area contributed by atoms with Crippen molar-refractivity contribution in [3.05, 3.63) is 51.0 Å². The molecule has 0 saturated heterocycles. The first-order chi connectivity index (χ1) is 9.56. The molecular formula is C16H20FNOS. The van der Waals surface area contributed by atoms with Gasteiger partial charge in [0.25, 0.3) is 0 Å². The lowest BCUT2D eigenvalue weighted by Gasteiger charge is -2.20. The van der Waals surface area contributed by atoms with Crippen LogP contribution in [0, 0.1) is 19.7 Å². The summed E-state index contributed by atoms with van der Waals surface area (Å²) in [5.74, 6) is 0.666. The third kappa shape index (κ3) is 3.02. The van der Waals surface area contributed by atoms with E-state index in [0.717, 1.165) is 33.9 Å². The molecule has 0 aliphatic heterocycles. The van der Waals surface area contributed by atoms with Gasteiger partial charge in [-0.1, -0.05) is 13.0 Å². The molecule has 1 aromatic heterocycles. The summed E-state index contributed by atoms with van der Waals surface area (Å²) in [6.45, 7) is 6.67. The minimum absolute atomic E-state index is 0.130. The van der Waals surface area contributed by atoms with Gasteiger partial charge in [-0.05, 0) is 43.7 Å². The topological polar surface area (TPSA) is 21.3 Å². The summed E-state index contributed by atoms with van der Waals surface area (Å²) in [6, 6.07) is 5.46. The highest BCUT2D eigenvalue weighted by Gasteiger charge is 2.21. The Morgan fingerprint density at radius 1 is 1.30 bits per heavy atom. The Balaban J connectivity index is 2.48. The second kappa shape index (κ2) is 6.37. The van der Waals surface area contributed by atoms with Crippen LogP contribution in [-0.2, 0) is 0 Å². The third-order valence-corrected chi connectivity index (χ3v) is 4.27. The van der Waals surface area contributed by atoms with Gasteiger partial charge in [0, 0.05) is 15.8 Å². The zero-order valence-corrected chi connectivity index (χ0v) is 13.1. The molecule has 0 radical (unpaired) electrons. The molecular weight excluding hydrogens is 273 g/mol. The molecule has 108 valence electrons. The number of nitrogens with one attached hydrogen (secondary N) is 1. The van der Waals surface area contributed by atoms with Crippen LogP contribution in [0.25, 0.3) is 0 Å². The van der Waals surface area contributed by atoms with E-state index in [1.165, 1.54) is 0 Å². The first-order valence-corrected chi connectivity index (χ1v) is 7.57. The number of halogens is 1. The average Bonchev–Trinajstić information content (AvgIpc) is 2.85. The molecule has 1 unspecified atom stereocenters. The summed E-state index contributed by atoms with van der Waals surface area (Å²) in [5.41, 5.74) is 2.64. The molecule has 0 aliphatic carbocycles. The van der Waals surface area contributed by atoms with Crippen molar-refractivity contribution in [3.8, 4) is 5.75 Å². The quantitative estimate of drug-likeness (QED) is 0.891. The van der Waals surface area contributed by atoms with Gasteiger partial charge in [-0.2, -0.15) is 0 Å². The Labute approximate surface area is 123 Å². The molecule has 0 amide bonds. The molecule has 2 rings (SSSR count). The lowest BCUT2D eigenvalue weighted by molar-refractivity contribution is 0.416. The fraction of sp³-hybridized carbons (Fsp3) is 0.375. The maximum atomic E-state index is 14.4. The Morgan fingerprint density at radius 2 is 2.05 bits per heavy atom. The first kappa shape index (κ1) is 15.0. The van der Waals surface area contributed by atoms with Crippen LogP contribution in [0.2, 0.25) is 0 Å². The summed E-state index contributed by atoms with van der Waals surface area (Å²) < 4.78 is 19.6. The van der Waals surface area contributed by atoms with E-state index in [1.807, 2.05) is 38.3 Å². The van der Waals surface area contributed by atoms with E-state index in [9.17, 15) is 4.39 Å². The van der Waals surface area contributed by atoms with E-state index in [1.54, 1.807) is 24.5 Å². The van der Waals surface area contributed by atoms with Crippen LogP contribution >= 0.6 is 11.3 Å². The minimum atomic E-state index is -0.152. The molecule has 1 aromatic carbocycles. The smallest absolute Gasteiger partial charge is 0.129 e. The maximum Gasteiger partial charge on any atom is 0.129 e. The summed E-state index contributed by atoms with van der Waals surface area (Å²) in [4.78, 5) is 1.06. The molecule has 2 nitrogen and oxygen atoms in total. The fourth-order valence-electron chi connectivity index (χ4n) is 2.43.